The van der Waals surface area contributed by atoms with E-state index in [9.17, 15) is 9.59 Å². The second-order valence-electron chi connectivity index (χ2n) is 7.40. The Morgan fingerprint density at radius 3 is 2.41 bits per heavy atom. The highest BCUT2D eigenvalue weighted by Crippen LogP contribution is 2.19. The number of hydrogen-bond donors (Lipinski definition) is 2. The molecule has 3 aromatic rings. The summed E-state index contributed by atoms with van der Waals surface area (Å²) in [4.78, 5) is 26.9. The van der Waals surface area contributed by atoms with Crippen LogP contribution in [0.1, 0.15) is 29.6 Å². The number of nitrogens with one attached hydrogen (secondary N) is 2. The van der Waals surface area contributed by atoms with E-state index < -0.39 is 0 Å². The van der Waals surface area contributed by atoms with E-state index in [-0.39, 0.29) is 18.4 Å². The molecule has 2 amide bonds. The normalized spacial score (nSPS) is 13.9. The summed E-state index contributed by atoms with van der Waals surface area (Å²) in [6.45, 7) is 1.78. The maximum absolute atomic E-state index is 12.7. The molecule has 4 rings (SSSR count). The number of benzene rings is 3. The number of anilines is 2. The molecule has 1 heterocycles. The van der Waals surface area contributed by atoms with Crippen molar-refractivity contribution in [2.24, 2.45) is 0 Å². The maximum atomic E-state index is 12.7. The summed E-state index contributed by atoms with van der Waals surface area (Å²) in [5.41, 5.74) is 2.15. The third-order valence-electron chi connectivity index (χ3n) is 5.24. The van der Waals surface area contributed by atoms with Crippen LogP contribution < -0.4 is 10.6 Å². The Bertz CT molecular complexity index is 1030. The lowest BCUT2D eigenvalue weighted by Gasteiger charge is -2.26. The van der Waals surface area contributed by atoms with Crippen LogP contribution in [0.15, 0.2) is 66.7 Å². The van der Waals surface area contributed by atoms with Crippen molar-refractivity contribution >= 4 is 34.0 Å². The number of carbonyl (C=O) groups excluding carboxylic acids is 2. The molecule has 0 aliphatic carbocycles. The third kappa shape index (κ3) is 4.74. The standard InChI is InChI=1S/C24H25N3O2/c28-23(17-25-21-12-11-18-7-2-3-8-19(18)15-21)26-22-10-6-9-20(16-22)24(29)27-13-4-1-5-14-27/h2-3,6-12,15-16,25H,1,4-5,13-14,17H2,(H,26,28). The van der Waals surface area contributed by atoms with Crippen molar-refractivity contribution in [3.8, 4) is 0 Å². The number of amides is 2. The van der Waals surface area contributed by atoms with Crippen molar-refractivity contribution in [2.45, 2.75) is 19.3 Å². The molecule has 148 valence electrons. The van der Waals surface area contributed by atoms with Gasteiger partial charge in [0.15, 0.2) is 0 Å². The molecule has 0 unspecified atom stereocenters. The summed E-state index contributed by atoms with van der Waals surface area (Å²) >= 11 is 0. The van der Waals surface area contributed by atoms with Gasteiger partial charge in [-0.2, -0.15) is 0 Å². The fourth-order valence-corrected chi connectivity index (χ4v) is 3.70. The Hall–Kier alpha value is -3.34. The highest BCUT2D eigenvalue weighted by Gasteiger charge is 2.18. The smallest absolute Gasteiger partial charge is 0.253 e. The summed E-state index contributed by atoms with van der Waals surface area (Å²) in [5, 5.41) is 8.33. The molecule has 1 aliphatic rings. The van der Waals surface area contributed by atoms with Gasteiger partial charge in [-0.25, -0.2) is 0 Å². The molecule has 3 aromatic carbocycles. The average Bonchev–Trinajstić information content (AvgIpc) is 2.78. The molecule has 0 radical (unpaired) electrons. The summed E-state index contributed by atoms with van der Waals surface area (Å²) < 4.78 is 0. The minimum Gasteiger partial charge on any atom is -0.376 e. The zero-order valence-corrected chi connectivity index (χ0v) is 16.4. The topological polar surface area (TPSA) is 61.4 Å². The molecule has 0 bridgehead atoms. The first-order chi connectivity index (χ1) is 14.2. The highest BCUT2D eigenvalue weighted by atomic mass is 16.2. The van der Waals surface area contributed by atoms with Crippen LogP contribution in [0.3, 0.4) is 0 Å². The van der Waals surface area contributed by atoms with Crippen LogP contribution in [0.25, 0.3) is 10.8 Å². The lowest BCUT2D eigenvalue weighted by Crippen LogP contribution is -2.35. The molecule has 0 saturated carbocycles. The molecular weight excluding hydrogens is 362 g/mol. The van der Waals surface area contributed by atoms with Gasteiger partial charge >= 0.3 is 0 Å². The summed E-state index contributed by atoms with van der Waals surface area (Å²) in [6, 6.07) is 21.3. The first kappa shape index (κ1) is 19.0. The molecule has 1 fully saturated rings. The second-order valence-corrected chi connectivity index (χ2v) is 7.40. The van der Waals surface area contributed by atoms with Crippen molar-refractivity contribution in [1.82, 2.24) is 4.90 Å². The lowest BCUT2D eigenvalue weighted by atomic mass is 10.1. The zero-order chi connectivity index (χ0) is 20.1. The molecule has 29 heavy (non-hydrogen) atoms. The van der Waals surface area contributed by atoms with E-state index in [1.807, 2.05) is 47.4 Å². The zero-order valence-electron chi connectivity index (χ0n) is 16.4. The van der Waals surface area contributed by atoms with Crippen LogP contribution in [0.2, 0.25) is 0 Å². The average molecular weight is 387 g/mol. The monoisotopic (exact) mass is 387 g/mol. The van der Waals surface area contributed by atoms with Gasteiger partial charge in [0, 0.05) is 30.0 Å². The third-order valence-corrected chi connectivity index (χ3v) is 5.24. The number of nitrogens with zero attached hydrogens (tertiary/aromatic N) is 1. The van der Waals surface area contributed by atoms with Gasteiger partial charge in [0.1, 0.15) is 0 Å². The van der Waals surface area contributed by atoms with Crippen LogP contribution in [0, 0.1) is 0 Å². The Morgan fingerprint density at radius 1 is 0.793 bits per heavy atom. The van der Waals surface area contributed by atoms with E-state index in [1.165, 1.54) is 6.42 Å². The Balaban J connectivity index is 1.36. The van der Waals surface area contributed by atoms with E-state index in [0.717, 1.165) is 42.4 Å². The molecule has 0 spiro atoms. The van der Waals surface area contributed by atoms with E-state index >= 15 is 0 Å². The summed E-state index contributed by atoms with van der Waals surface area (Å²) in [7, 11) is 0. The van der Waals surface area contributed by atoms with E-state index in [2.05, 4.69) is 16.7 Å². The van der Waals surface area contributed by atoms with Crippen molar-refractivity contribution in [1.29, 1.82) is 0 Å². The van der Waals surface area contributed by atoms with Crippen molar-refractivity contribution in [2.75, 3.05) is 30.3 Å². The number of piperidine rings is 1. The maximum Gasteiger partial charge on any atom is 0.253 e. The SMILES string of the molecule is O=C(CNc1ccc2ccccc2c1)Nc1cccc(C(=O)N2CCCCC2)c1. The van der Waals surface area contributed by atoms with Crippen LogP contribution in [-0.4, -0.2) is 36.3 Å². The number of rotatable bonds is 5. The molecular formula is C24H25N3O2. The first-order valence-electron chi connectivity index (χ1n) is 10.1. The molecule has 0 aromatic heterocycles. The molecule has 1 saturated heterocycles. The largest absolute Gasteiger partial charge is 0.376 e. The van der Waals surface area contributed by atoms with Crippen LogP contribution in [0.5, 0.6) is 0 Å². The molecule has 0 atom stereocenters. The molecule has 1 aliphatic heterocycles. The van der Waals surface area contributed by atoms with Crippen molar-refractivity contribution < 1.29 is 9.59 Å². The Kier molecular flexibility index (Phi) is 5.75. The van der Waals surface area contributed by atoms with Gasteiger partial charge < -0.3 is 15.5 Å². The van der Waals surface area contributed by atoms with Gasteiger partial charge in [-0.3, -0.25) is 9.59 Å². The number of carbonyl (C=O) groups is 2. The Labute approximate surface area is 170 Å². The fraction of sp³-hybridized carbons (Fsp3) is 0.250. The van der Waals surface area contributed by atoms with Gasteiger partial charge in [0.05, 0.1) is 6.54 Å². The van der Waals surface area contributed by atoms with Gasteiger partial charge in [0.25, 0.3) is 5.91 Å². The summed E-state index contributed by atoms with van der Waals surface area (Å²) in [5.74, 6) is -0.115. The van der Waals surface area contributed by atoms with E-state index in [1.54, 1.807) is 18.2 Å². The van der Waals surface area contributed by atoms with Crippen LogP contribution in [0.4, 0.5) is 11.4 Å². The molecule has 5 nitrogen and oxygen atoms in total. The molecule has 2 N–H and O–H groups in total. The van der Waals surface area contributed by atoms with Gasteiger partial charge in [-0.1, -0.05) is 36.4 Å². The van der Waals surface area contributed by atoms with Gasteiger partial charge in [-0.05, 0) is 60.4 Å². The lowest BCUT2D eigenvalue weighted by molar-refractivity contribution is -0.114. The predicted molar refractivity (Wildman–Crippen MR) is 117 cm³/mol. The molecule has 5 heteroatoms. The quantitative estimate of drug-likeness (QED) is 0.677. The second kappa shape index (κ2) is 8.78. The number of fused-ring (bicyclic) bond motifs is 1. The Morgan fingerprint density at radius 2 is 1.59 bits per heavy atom. The number of likely N-dealkylation sites (tertiary alicyclic amines) is 1. The predicted octanol–water partition coefficient (Wildman–Crippen LogP) is 4.52. The first-order valence-corrected chi connectivity index (χ1v) is 10.1. The van der Waals surface area contributed by atoms with Crippen LogP contribution in [-0.2, 0) is 4.79 Å². The van der Waals surface area contributed by atoms with Crippen molar-refractivity contribution in [3.05, 3.63) is 72.3 Å². The van der Waals surface area contributed by atoms with E-state index in [0.29, 0.717) is 11.3 Å². The fourth-order valence-electron chi connectivity index (χ4n) is 3.70. The van der Waals surface area contributed by atoms with Gasteiger partial charge in [0.2, 0.25) is 5.91 Å². The highest BCUT2D eigenvalue weighted by molar-refractivity contribution is 5.98. The van der Waals surface area contributed by atoms with Gasteiger partial charge in [-0.15, -0.1) is 0 Å². The minimum absolute atomic E-state index is 0.0371. The summed E-state index contributed by atoms with van der Waals surface area (Å²) in [6.07, 6.45) is 3.30. The number of hydrogen-bond acceptors (Lipinski definition) is 3. The van der Waals surface area contributed by atoms with Crippen molar-refractivity contribution in [3.63, 3.8) is 0 Å². The van der Waals surface area contributed by atoms with E-state index in [4.69, 9.17) is 0 Å². The van der Waals surface area contributed by atoms with Crippen LogP contribution >= 0.6 is 0 Å². The minimum atomic E-state index is -0.152.